The van der Waals surface area contributed by atoms with Crippen LogP contribution in [0.2, 0.25) is 0 Å². The molecule has 120 valence electrons. The summed E-state index contributed by atoms with van der Waals surface area (Å²) in [6, 6.07) is 8.54. The van der Waals surface area contributed by atoms with Crippen LogP contribution >= 0.6 is 0 Å². The summed E-state index contributed by atoms with van der Waals surface area (Å²) in [6.45, 7) is 1.28. The second-order valence-electron chi connectivity index (χ2n) is 4.79. The standard InChI is InChI=1S/C16H16N2O5/c17-10-13(16(21)18-5-7-22-8-6-18)9-12-3-1-2-4-14(12)23-11-15(19)20/h1-4,9H,5-8,11H2,(H,19,20). The zero-order valence-corrected chi connectivity index (χ0v) is 12.4. The van der Waals surface area contributed by atoms with E-state index in [2.05, 4.69) is 0 Å². The number of hydrogen-bond donors (Lipinski definition) is 1. The lowest BCUT2D eigenvalue weighted by Gasteiger charge is -2.26. The third-order valence-corrected chi connectivity index (χ3v) is 3.22. The fourth-order valence-electron chi connectivity index (χ4n) is 2.10. The monoisotopic (exact) mass is 316 g/mol. The van der Waals surface area contributed by atoms with Crippen LogP contribution in [0, 0.1) is 11.3 Å². The summed E-state index contributed by atoms with van der Waals surface area (Å²) >= 11 is 0. The van der Waals surface area contributed by atoms with Gasteiger partial charge in [0.05, 0.1) is 13.2 Å². The van der Waals surface area contributed by atoms with E-state index in [0.29, 0.717) is 37.6 Å². The van der Waals surface area contributed by atoms with Gasteiger partial charge in [-0.1, -0.05) is 18.2 Å². The number of benzene rings is 1. The molecule has 1 aliphatic rings. The van der Waals surface area contributed by atoms with Gasteiger partial charge in [0, 0.05) is 18.7 Å². The van der Waals surface area contributed by atoms with Crippen molar-refractivity contribution in [1.82, 2.24) is 4.90 Å². The minimum Gasteiger partial charge on any atom is -0.481 e. The largest absolute Gasteiger partial charge is 0.481 e. The Bertz CT molecular complexity index is 657. The maximum Gasteiger partial charge on any atom is 0.341 e. The van der Waals surface area contributed by atoms with Crippen LogP contribution in [0.1, 0.15) is 5.56 Å². The molecule has 23 heavy (non-hydrogen) atoms. The summed E-state index contributed by atoms with van der Waals surface area (Å²) in [7, 11) is 0. The number of rotatable bonds is 5. The summed E-state index contributed by atoms with van der Waals surface area (Å²) in [4.78, 5) is 24.5. The van der Waals surface area contributed by atoms with Crippen molar-refractivity contribution in [2.24, 2.45) is 0 Å². The highest BCUT2D eigenvalue weighted by Crippen LogP contribution is 2.21. The van der Waals surface area contributed by atoms with Crippen molar-refractivity contribution in [2.75, 3.05) is 32.9 Å². The Hall–Kier alpha value is -2.85. The fourth-order valence-corrected chi connectivity index (χ4v) is 2.10. The number of hydrogen-bond acceptors (Lipinski definition) is 5. The molecule has 0 aromatic heterocycles. The number of aliphatic carboxylic acids is 1. The zero-order valence-electron chi connectivity index (χ0n) is 12.4. The Labute approximate surface area is 133 Å². The number of carbonyl (C=O) groups is 2. The lowest BCUT2D eigenvalue weighted by atomic mass is 10.1. The van der Waals surface area contributed by atoms with E-state index in [0.717, 1.165) is 0 Å². The van der Waals surface area contributed by atoms with Gasteiger partial charge in [-0.3, -0.25) is 4.79 Å². The van der Waals surface area contributed by atoms with E-state index in [1.807, 2.05) is 6.07 Å². The van der Waals surface area contributed by atoms with Gasteiger partial charge in [-0.25, -0.2) is 4.79 Å². The van der Waals surface area contributed by atoms with Gasteiger partial charge in [0.1, 0.15) is 17.4 Å². The molecule has 1 aromatic rings. The molecule has 7 heteroatoms. The van der Waals surface area contributed by atoms with E-state index in [-0.39, 0.29) is 11.5 Å². The van der Waals surface area contributed by atoms with Crippen molar-refractivity contribution in [3.05, 3.63) is 35.4 Å². The van der Waals surface area contributed by atoms with Crippen molar-refractivity contribution >= 4 is 18.0 Å². The fraction of sp³-hybridized carbons (Fsp3) is 0.312. The molecular formula is C16H16N2O5. The van der Waals surface area contributed by atoms with E-state index in [9.17, 15) is 14.9 Å². The number of nitrogens with zero attached hydrogens (tertiary/aromatic N) is 2. The topological polar surface area (TPSA) is 99.9 Å². The maximum absolute atomic E-state index is 12.4. The Morgan fingerprint density at radius 3 is 2.70 bits per heavy atom. The van der Waals surface area contributed by atoms with Crippen molar-refractivity contribution in [2.45, 2.75) is 0 Å². The number of amides is 1. The molecule has 0 unspecified atom stereocenters. The molecule has 1 N–H and O–H groups in total. The minimum absolute atomic E-state index is 0.0294. The molecule has 1 aromatic carbocycles. The molecule has 0 atom stereocenters. The lowest BCUT2D eigenvalue weighted by Crippen LogP contribution is -2.41. The Morgan fingerprint density at radius 2 is 2.04 bits per heavy atom. The molecule has 1 amide bonds. The van der Waals surface area contributed by atoms with Crippen LogP contribution in [0.4, 0.5) is 0 Å². The third kappa shape index (κ3) is 4.56. The van der Waals surface area contributed by atoms with Crippen molar-refractivity contribution in [1.29, 1.82) is 5.26 Å². The van der Waals surface area contributed by atoms with E-state index < -0.39 is 12.6 Å². The van der Waals surface area contributed by atoms with Gasteiger partial charge in [0.2, 0.25) is 0 Å². The van der Waals surface area contributed by atoms with Crippen molar-refractivity contribution in [3.8, 4) is 11.8 Å². The first kappa shape index (κ1) is 16.5. The Morgan fingerprint density at radius 1 is 1.35 bits per heavy atom. The molecule has 0 spiro atoms. The molecule has 7 nitrogen and oxygen atoms in total. The average Bonchev–Trinajstić information content (AvgIpc) is 2.58. The lowest BCUT2D eigenvalue weighted by molar-refractivity contribution is -0.139. The molecule has 0 aliphatic carbocycles. The molecule has 1 aliphatic heterocycles. The van der Waals surface area contributed by atoms with Gasteiger partial charge in [-0.2, -0.15) is 5.26 Å². The Kier molecular flexibility index (Phi) is 5.72. The highest BCUT2D eigenvalue weighted by Gasteiger charge is 2.21. The third-order valence-electron chi connectivity index (χ3n) is 3.22. The van der Waals surface area contributed by atoms with Crippen LogP contribution in [-0.2, 0) is 14.3 Å². The molecule has 1 heterocycles. The number of carboxylic acids is 1. The first-order valence-corrected chi connectivity index (χ1v) is 7.04. The normalized spacial score (nSPS) is 14.9. The van der Waals surface area contributed by atoms with E-state index in [1.54, 1.807) is 29.2 Å². The summed E-state index contributed by atoms with van der Waals surface area (Å²) < 4.78 is 10.4. The van der Waals surface area contributed by atoms with Gasteiger partial charge in [-0.05, 0) is 12.1 Å². The van der Waals surface area contributed by atoms with E-state index in [4.69, 9.17) is 14.6 Å². The van der Waals surface area contributed by atoms with Gasteiger partial charge in [-0.15, -0.1) is 0 Å². The summed E-state index contributed by atoms with van der Waals surface area (Å²) in [5, 5.41) is 18.0. The van der Waals surface area contributed by atoms with Crippen LogP contribution in [0.5, 0.6) is 5.75 Å². The van der Waals surface area contributed by atoms with E-state index >= 15 is 0 Å². The average molecular weight is 316 g/mol. The van der Waals surface area contributed by atoms with Gasteiger partial charge in [0.25, 0.3) is 5.91 Å². The molecule has 1 saturated heterocycles. The number of nitriles is 1. The van der Waals surface area contributed by atoms with Gasteiger partial charge >= 0.3 is 5.97 Å². The molecule has 0 bridgehead atoms. The van der Waals surface area contributed by atoms with Gasteiger partial charge in [0.15, 0.2) is 6.61 Å². The number of carbonyl (C=O) groups excluding carboxylic acids is 1. The SMILES string of the molecule is N#CC(=Cc1ccccc1OCC(=O)O)C(=O)N1CCOCC1. The summed E-state index contributed by atoms with van der Waals surface area (Å²) in [5.41, 5.74) is 0.449. The predicted molar refractivity (Wildman–Crippen MR) is 80.6 cm³/mol. The van der Waals surface area contributed by atoms with E-state index in [1.165, 1.54) is 6.08 Å². The zero-order chi connectivity index (χ0) is 16.7. The van der Waals surface area contributed by atoms with Crippen LogP contribution in [-0.4, -0.2) is 54.8 Å². The van der Waals surface area contributed by atoms with Crippen LogP contribution in [0.25, 0.3) is 6.08 Å². The molecule has 0 saturated carbocycles. The Balaban J connectivity index is 2.22. The smallest absolute Gasteiger partial charge is 0.341 e. The van der Waals surface area contributed by atoms with Gasteiger partial charge < -0.3 is 19.5 Å². The first-order valence-electron chi connectivity index (χ1n) is 7.04. The number of para-hydroxylation sites is 1. The summed E-state index contributed by atoms with van der Waals surface area (Å²) in [5.74, 6) is -1.17. The summed E-state index contributed by atoms with van der Waals surface area (Å²) in [6.07, 6.45) is 1.41. The number of carboxylic acid groups (broad SMARTS) is 1. The minimum atomic E-state index is -1.10. The highest BCUT2D eigenvalue weighted by molar-refractivity contribution is 6.02. The highest BCUT2D eigenvalue weighted by atomic mass is 16.5. The first-order chi connectivity index (χ1) is 11.1. The number of morpholine rings is 1. The second-order valence-corrected chi connectivity index (χ2v) is 4.79. The van der Waals surface area contributed by atoms with Crippen molar-refractivity contribution in [3.63, 3.8) is 0 Å². The van der Waals surface area contributed by atoms with Crippen LogP contribution in [0.15, 0.2) is 29.8 Å². The molecular weight excluding hydrogens is 300 g/mol. The van der Waals surface area contributed by atoms with Crippen molar-refractivity contribution < 1.29 is 24.2 Å². The molecule has 0 radical (unpaired) electrons. The predicted octanol–water partition coefficient (Wildman–Crippen LogP) is 0.916. The number of ether oxygens (including phenoxy) is 2. The second kappa shape index (κ2) is 7.96. The van der Waals surface area contributed by atoms with Crippen LogP contribution < -0.4 is 4.74 Å². The molecule has 2 rings (SSSR count). The van der Waals surface area contributed by atoms with Crippen LogP contribution in [0.3, 0.4) is 0 Å². The molecule has 1 fully saturated rings. The maximum atomic E-state index is 12.4. The quantitative estimate of drug-likeness (QED) is 0.640.